The number of furan rings is 1. The predicted octanol–water partition coefficient (Wildman–Crippen LogP) is 3.92. The Morgan fingerprint density at radius 2 is 2.10 bits per heavy atom. The fourth-order valence-corrected chi connectivity index (χ4v) is 2.66. The van der Waals surface area contributed by atoms with Crippen molar-refractivity contribution in [3.63, 3.8) is 0 Å². The number of rotatable bonds is 5. The maximum absolute atomic E-state index is 5.35. The standard InChI is InChI=1S/C13H11BrN4OS/c14-11-5-6-19-12(11)7-15-9-1-3-10(4-2-9)20-13-16-8-17-18-13/h1-6,8,15H,7H2,(H,16,17,18). The SMILES string of the molecule is Brc1ccoc1CNc1ccc(Sc2ncn[nH]2)cc1. The van der Waals surface area contributed by atoms with Crippen LogP contribution in [0.4, 0.5) is 5.69 Å². The van der Waals surface area contributed by atoms with Crippen molar-refractivity contribution in [3.05, 3.63) is 53.2 Å². The van der Waals surface area contributed by atoms with Crippen molar-refractivity contribution in [2.24, 2.45) is 0 Å². The zero-order valence-corrected chi connectivity index (χ0v) is 12.7. The molecule has 7 heteroatoms. The van der Waals surface area contributed by atoms with Crippen LogP contribution in [0.2, 0.25) is 0 Å². The first-order valence-corrected chi connectivity index (χ1v) is 7.51. The molecule has 2 N–H and O–H groups in total. The molecule has 2 aromatic heterocycles. The van der Waals surface area contributed by atoms with Crippen LogP contribution < -0.4 is 5.32 Å². The first kappa shape index (κ1) is 13.3. The maximum Gasteiger partial charge on any atom is 0.188 e. The number of aromatic amines is 1. The number of hydrogen-bond donors (Lipinski definition) is 2. The Bertz CT molecular complexity index is 666. The first-order valence-electron chi connectivity index (χ1n) is 5.90. The Labute approximate surface area is 128 Å². The third-order valence-electron chi connectivity index (χ3n) is 2.61. The van der Waals surface area contributed by atoms with E-state index < -0.39 is 0 Å². The number of benzene rings is 1. The summed E-state index contributed by atoms with van der Waals surface area (Å²) >= 11 is 4.97. The highest BCUT2D eigenvalue weighted by Crippen LogP contribution is 2.25. The summed E-state index contributed by atoms with van der Waals surface area (Å²) in [6, 6.07) is 10.00. The van der Waals surface area contributed by atoms with Crippen LogP contribution in [-0.4, -0.2) is 15.2 Å². The van der Waals surface area contributed by atoms with Gasteiger partial charge in [0.1, 0.15) is 12.1 Å². The van der Waals surface area contributed by atoms with E-state index in [-0.39, 0.29) is 0 Å². The van der Waals surface area contributed by atoms with Gasteiger partial charge in [0.15, 0.2) is 5.16 Å². The van der Waals surface area contributed by atoms with Crippen LogP contribution in [0.3, 0.4) is 0 Å². The van der Waals surface area contributed by atoms with E-state index in [4.69, 9.17) is 4.42 Å². The number of hydrogen-bond acceptors (Lipinski definition) is 5. The Balaban J connectivity index is 1.60. The molecular weight excluding hydrogens is 340 g/mol. The minimum atomic E-state index is 0.641. The molecule has 0 spiro atoms. The number of nitrogens with one attached hydrogen (secondary N) is 2. The zero-order chi connectivity index (χ0) is 13.8. The van der Waals surface area contributed by atoms with Crippen LogP contribution in [0, 0.1) is 0 Å². The van der Waals surface area contributed by atoms with Crippen molar-refractivity contribution < 1.29 is 4.42 Å². The molecule has 0 bridgehead atoms. The molecular formula is C13H11BrN4OS. The lowest BCUT2D eigenvalue weighted by Crippen LogP contribution is -1.98. The van der Waals surface area contributed by atoms with E-state index in [1.807, 2.05) is 30.3 Å². The summed E-state index contributed by atoms with van der Waals surface area (Å²) in [6.45, 7) is 0.641. The van der Waals surface area contributed by atoms with E-state index in [9.17, 15) is 0 Å². The maximum atomic E-state index is 5.35. The Morgan fingerprint density at radius 3 is 2.75 bits per heavy atom. The molecule has 0 aliphatic heterocycles. The number of halogens is 1. The molecule has 0 radical (unpaired) electrons. The highest BCUT2D eigenvalue weighted by atomic mass is 79.9. The second kappa shape index (κ2) is 6.15. The molecule has 0 atom stereocenters. The lowest BCUT2D eigenvalue weighted by atomic mass is 10.3. The largest absolute Gasteiger partial charge is 0.466 e. The van der Waals surface area contributed by atoms with Gasteiger partial charge in [0.05, 0.1) is 17.3 Å². The lowest BCUT2D eigenvalue weighted by Gasteiger charge is -2.05. The molecule has 3 aromatic rings. The molecule has 102 valence electrons. The van der Waals surface area contributed by atoms with Gasteiger partial charge in [-0.05, 0) is 46.3 Å². The molecule has 0 aliphatic rings. The monoisotopic (exact) mass is 350 g/mol. The van der Waals surface area contributed by atoms with Crippen molar-refractivity contribution in [2.75, 3.05) is 5.32 Å². The van der Waals surface area contributed by atoms with Crippen molar-refractivity contribution in [2.45, 2.75) is 16.6 Å². The molecule has 0 saturated heterocycles. The highest BCUT2D eigenvalue weighted by Gasteiger charge is 2.03. The predicted molar refractivity (Wildman–Crippen MR) is 80.7 cm³/mol. The van der Waals surface area contributed by atoms with Crippen molar-refractivity contribution in [3.8, 4) is 0 Å². The van der Waals surface area contributed by atoms with E-state index in [2.05, 4.69) is 36.4 Å². The van der Waals surface area contributed by atoms with Gasteiger partial charge in [-0.1, -0.05) is 11.8 Å². The van der Waals surface area contributed by atoms with Gasteiger partial charge in [0.2, 0.25) is 0 Å². The third-order valence-corrected chi connectivity index (χ3v) is 4.21. The Morgan fingerprint density at radius 1 is 1.25 bits per heavy atom. The summed E-state index contributed by atoms with van der Waals surface area (Å²) in [5.41, 5.74) is 1.04. The summed E-state index contributed by atoms with van der Waals surface area (Å²) in [4.78, 5) is 5.18. The van der Waals surface area contributed by atoms with Crippen molar-refractivity contribution in [1.29, 1.82) is 0 Å². The van der Waals surface area contributed by atoms with E-state index in [1.165, 1.54) is 18.1 Å². The molecule has 0 amide bonds. The van der Waals surface area contributed by atoms with Crippen LogP contribution in [0.1, 0.15) is 5.76 Å². The Kier molecular flexibility index (Phi) is 4.08. The molecule has 1 aromatic carbocycles. The fourth-order valence-electron chi connectivity index (χ4n) is 1.63. The van der Waals surface area contributed by atoms with Gasteiger partial charge < -0.3 is 9.73 Å². The lowest BCUT2D eigenvalue weighted by molar-refractivity contribution is 0.516. The van der Waals surface area contributed by atoms with E-state index in [0.717, 1.165) is 26.0 Å². The van der Waals surface area contributed by atoms with E-state index in [1.54, 1.807) is 6.26 Å². The van der Waals surface area contributed by atoms with Crippen molar-refractivity contribution in [1.82, 2.24) is 15.2 Å². The quantitative estimate of drug-likeness (QED) is 0.729. The fraction of sp³-hybridized carbons (Fsp3) is 0.0769. The number of nitrogens with zero attached hydrogens (tertiary/aromatic N) is 2. The average Bonchev–Trinajstić information content (AvgIpc) is 3.10. The first-order chi connectivity index (χ1) is 9.81. The van der Waals surface area contributed by atoms with Gasteiger partial charge in [-0.25, -0.2) is 4.98 Å². The summed E-state index contributed by atoms with van der Waals surface area (Å²) in [5.74, 6) is 0.880. The van der Waals surface area contributed by atoms with Gasteiger partial charge in [0, 0.05) is 10.6 Å². The average molecular weight is 351 g/mol. The minimum Gasteiger partial charge on any atom is -0.466 e. The zero-order valence-electron chi connectivity index (χ0n) is 10.3. The van der Waals surface area contributed by atoms with E-state index in [0.29, 0.717) is 6.54 Å². The molecule has 3 rings (SSSR count). The van der Waals surface area contributed by atoms with Crippen molar-refractivity contribution >= 4 is 33.4 Å². The number of aromatic nitrogens is 3. The van der Waals surface area contributed by atoms with Crippen LogP contribution >= 0.6 is 27.7 Å². The second-order valence-electron chi connectivity index (χ2n) is 3.96. The molecule has 0 saturated carbocycles. The second-order valence-corrected chi connectivity index (χ2v) is 5.88. The minimum absolute atomic E-state index is 0.641. The van der Waals surface area contributed by atoms with Gasteiger partial charge >= 0.3 is 0 Å². The molecule has 2 heterocycles. The normalized spacial score (nSPS) is 10.7. The van der Waals surface area contributed by atoms with Gasteiger partial charge in [-0.15, -0.1) is 0 Å². The molecule has 5 nitrogen and oxygen atoms in total. The number of anilines is 1. The molecule has 20 heavy (non-hydrogen) atoms. The smallest absolute Gasteiger partial charge is 0.188 e. The highest BCUT2D eigenvalue weighted by molar-refractivity contribution is 9.10. The summed E-state index contributed by atoms with van der Waals surface area (Å²) in [7, 11) is 0. The molecule has 0 fully saturated rings. The third kappa shape index (κ3) is 3.23. The van der Waals surface area contributed by atoms with Crippen LogP contribution in [0.5, 0.6) is 0 Å². The number of H-pyrrole nitrogens is 1. The topological polar surface area (TPSA) is 66.7 Å². The van der Waals surface area contributed by atoms with Crippen LogP contribution in [0.15, 0.2) is 61.9 Å². The summed E-state index contributed by atoms with van der Waals surface area (Å²) in [6.07, 6.45) is 3.16. The van der Waals surface area contributed by atoms with Gasteiger partial charge in [-0.3, -0.25) is 5.10 Å². The summed E-state index contributed by atoms with van der Waals surface area (Å²) < 4.78 is 6.32. The van der Waals surface area contributed by atoms with Crippen LogP contribution in [-0.2, 0) is 6.54 Å². The molecule has 0 aliphatic carbocycles. The molecule has 0 unspecified atom stereocenters. The van der Waals surface area contributed by atoms with Crippen LogP contribution in [0.25, 0.3) is 0 Å². The van der Waals surface area contributed by atoms with Gasteiger partial charge in [0.25, 0.3) is 0 Å². The Hall–Kier alpha value is -1.73. The van der Waals surface area contributed by atoms with Gasteiger partial charge in [-0.2, -0.15) is 5.10 Å². The summed E-state index contributed by atoms with van der Waals surface area (Å²) in [5, 5.41) is 10.7. The van der Waals surface area contributed by atoms with E-state index >= 15 is 0 Å².